The lowest BCUT2D eigenvalue weighted by Gasteiger charge is -2.00. The average Bonchev–Trinajstić information content (AvgIpc) is 3.39. The number of aromatic nitrogens is 2. The van der Waals surface area contributed by atoms with Crippen LogP contribution in [0.5, 0.6) is 0 Å². The highest BCUT2D eigenvalue weighted by atomic mass is 16.4. The van der Waals surface area contributed by atoms with Crippen LogP contribution in [0.1, 0.15) is 15.9 Å². The second-order valence-corrected chi connectivity index (χ2v) is 5.94. The van der Waals surface area contributed by atoms with Gasteiger partial charge in [-0.2, -0.15) is 10.2 Å². The molecular formula is C21H16N4O3. The molecule has 2 aromatic carbocycles. The van der Waals surface area contributed by atoms with Gasteiger partial charge in [0.2, 0.25) is 0 Å². The molecule has 0 atom stereocenters. The first-order valence-electron chi connectivity index (χ1n) is 8.52. The minimum Gasteiger partial charge on any atom is -0.478 e. The van der Waals surface area contributed by atoms with Crippen molar-refractivity contribution in [3.05, 3.63) is 90.3 Å². The lowest BCUT2D eigenvalue weighted by Crippen LogP contribution is -1.96. The van der Waals surface area contributed by atoms with Crippen molar-refractivity contribution in [3.63, 3.8) is 0 Å². The van der Waals surface area contributed by atoms with Gasteiger partial charge >= 0.3 is 5.97 Å². The quantitative estimate of drug-likeness (QED) is 0.389. The number of nitrogens with zero attached hydrogens (tertiary/aromatic N) is 3. The zero-order chi connectivity index (χ0) is 19.3. The normalized spacial score (nSPS) is 11.0. The van der Waals surface area contributed by atoms with Crippen molar-refractivity contribution in [3.8, 4) is 17.1 Å². The summed E-state index contributed by atoms with van der Waals surface area (Å²) in [6, 6.07) is 19.7. The molecule has 138 valence electrons. The van der Waals surface area contributed by atoms with Gasteiger partial charge in [0.1, 0.15) is 5.69 Å². The van der Waals surface area contributed by atoms with Gasteiger partial charge in [-0.15, -0.1) is 0 Å². The molecule has 4 aromatic rings. The van der Waals surface area contributed by atoms with Crippen LogP contribution in [-0.4, -0.2) is 27.1 Å². The number of nitrogens with one attached hydrogen (secondary N) is 1. The molecule has 2 N–H and O–H groups in total. The van der Waals surface area contributed by atoms with E-state index in [-0.39, 0.29) is 5.56 Å². The topological polar surface area (TPSA) is 92.7 Å². The Morgan fingerprint density at radius 2 is 1.86 bits per heavy atom. The van der Waals surface area contributed by atoms with Crippen molar-refractivity contribution in [2.75, 3.05) is 5.43 Å². The highest BCUT2D eigenvalue weighted by Gasteiger charge is 2.13. The van der Waals surface area contributed by atoms with E-state index in [0.717, 1.165) is 11.3 Å². The minimum atomic E-state index is -0.966. The summed E-state index contributed by atoms with van der Waals surface area (Å²) in [4.78, 5) is 10.9. The maximum atomic E-state index is 10.9. The lowest BCUT2D eigenvalue weighted by atomic mass is 10.2. The van der Waals surface area contributed by atoms with Gasteiger partial charge in [-0.1, -0.05) is 18.2 Å². The Morgan fingerprint density at radius 1 is 1.07 bits per heavy atom. The minimum absolute atomic E-state index is 0.221. The van der Waals surface area contributed by atoms with E-state index < -0.39 is 5.97 Å². The van der Waals surface area contributed by atoms with Crippen LogP contribution in [0, 0.1) is 0 Å². The van der Waals surface area contributed by atoms with E-state index in [1.807, 2.05) is 42.6 Å². The highest BCUT2D eigenvalue weighted by Crippen LogP contribution is 2.23. The van der Waals surface area contributed by atoms with Gasteiger partial charge in [0.05, 0.1) is 29.4 Å². The standard InChI is InChI=1S/C21H16N4O3/c26-21(27)15-8-10-17(11-9-15)23-22-13-16-14-25(18-5-2-1-3-6-18)24-20(16)19-7-4-12-28-19/h1-14,23H,(H,26,27)/b22-13-. The van der Waals surface area contributed by atoms with Crippen molar-refractivity contribution < 1.29 is 14.3 Å². The zero-order valence-electron chi connectivity index (χ0n) is 14.7. The van der Waals surface area contributed by atoms with E-state index in [1.165, 1.54) is 12.1 Å². The van der Waals surface area contributed by atoms with Crippen molar-refractivity contribution in [2.45, 2.75) is 0 Å². The molecule has 0 spiro atoms. The molecule has 0 bridgehead atoms. The van der Waals surface area contributed by atoms with Crippen molar-refractivity contribution in [2.24, 2.45) is 5.10 Å². The summed E-state index contributed by atoms with van der Waals surface area (Å²) in [7, 11) is 0. The SMILES string of the molecule is O=C(O)c1ccc(N/N=C\c2cn(-c3ccccc3)nc2-c2ccco2)cc1. The zero-order valence-corrected chi connectivity index (χ0v) is 14.7. The fraction of sp³-hybridized carbons (Fsp3) is 0. The molecule has 0 amide bonds. The summed E-state index contributed by atoms with van der Waals surface area (Å²) in [5.74, 6) is -0.326. The predicted octanol–water partition coefficient (Wildman–Crippen LogP) is 4.28. The van der Waals surface area contributed by atoms with Crippen LogP contribution in [0.3, 0.4) is 0 Å². The molecule has 0 saturated heterocycles. The first kappa shape index (κ1) is 17.3. The van der Waals surface area contributed by atoms with Gasteiger partial charge in [-0.05, 0) is 48.5 Å². The number of hydrogen-bond acceptors (Lipinski definition) is 5. The van der Waals surface area contributed by atoms with Crippen LogP contribution >= 0.6 is 0 Å². The summed E-state index contributed by atoms with van der Waals surface area (Å²) >= 11 is 0. The van der Waals surface area contributed by atoms with E-state index in [2.05, 4.69) is 15.6 Å². The van der Waals surface area contributed by atoms with Crippen LogP contribution in [0.15, 0.2) is 88.7 Å². The Balaban J connectivity index is 1.60. The molecule has 7 nitrogen and oxygen atoms in total. The maximum absolute atomic E-state index is 10.9. The van der Waals surface area contributed by atoms with Crippen LogP contribution in [0.2, 0.25) is 0 Å². The van der Waals surface area contributed by atoms with Gasteiger partial charge in [-0.25, -0.2) is 9.48 Å². The van der Waals surface area contributed by atoms with Gasteiger partial charge in [-0.3, -0.25) is 5.43 Å². The molecule has 0 saturated carbocycles. The average molecular weight is 372 g/mol. The third kappa shape index (κ3) is 3.68. The number of carbonyl (C=O) groups is 1. The van der Waals surface area contributed by atoms with Crippen LogP contribution in [0.4, 0.5) is 5.69 Å². The van der Waals surface area contributed by atoms with Crippen LogP contribution in [0.25, 0.3) is 17.1 Å². The molecule has 4 rings (SSSR count). The molecule has 2 aromatic heterocycles. The molecule has 0 aliphatic heterocycles. The third-order valence-electron chi connectivity index (χ3n) is 4.05. The Bertz CT molecular complexity index is 1100. The number of rotatable bonds is 6. The molecule has 0 radical (unpaired) electrons. The fourth-order valence-electron chi connectivity index (χ4n) is 2.66. The molecule has 7 heteroatoms. The predicted molar refractivity (Wildman–Crippen MR) is 106 cm³/mol. The molecule has 0 fully saturated rings. The summed E-state index contributed by atoms with van der Waals surface area (Å²) in [5.41, 5.74) is 6.15. The number of benzene rings is 2. The van der Waals surface area contributed by atoms with Crippen LogP contribution < -0.4 is 5.43 Å². The van der Waals surface area contributed by atoms with Crippen molar-refractivity contribution in [1.82, 2.24) is 9.78 Å². The Labute approximate surface area is 160 Å². The Hall–Kier alpha value is -4.13. The maximum Gasteiger partial charge on any atom is 0.335 e. The first-order valence-corrected chi connectivity index (χ1v) is 8.52. The lowest BCUT2D eigenvalue weighted by molar-refractivity contribution is 0.0697. The summed E-state index contributed by atoms with van der Waals surface area (Å²) in [6.07, 6.45) is 5.11. The number of aromatic carboxylic acids is 1. The van der Waals surface area contributed by atoms with E-state index >= 15 is 0 Å². The molecule has 0 aliphatic carbocycles. The van der Waals surface area contributed by atoms with Gasteiger partial charge in [0.25, 0.3) is 0 Å². The molecular weight excluding hydrogens is 356 g/mol. The number of hydrazone groups is 1. The highest BCUT2D eigenvalue weighted by molar-refractivity contribution is 5.89. The number of hydrogen-bond donors (Lipinski definition) is 2. The molecule has 0 unspecified atom stereocenters. The second kappa shape index (κ2) is 7.63. The fourth-order valence-corrected chi connectivity index (χ4v) is 2.66. The van der Waals surface area contributed by atoms with Crippen molar-refractivity contribution in [1.29, 1.82) is 0 Å². The monoisotopic (exact) mass is 372 g/mol. The number of anilines is 1. The van der Waals surface area contributed by atoms with Crippen molar-refractivity contribution >= 4 is 17.9 Å². The van der Waals surface area contributed by atoms with Gasteiger partial charge in [0.15, 0.2) is 5.76 Å². The van der Waals surface area contributed by atoms with E-state index in [0.29, 0.717) is 17.1 Å². The summed E-state index contributed by atoms with van der Waals surface area (Å²) in [5, 5.41) is 17.8. The Morgan fingerprint density at radius 3 is 2.54 bits per heavy atom. The molecule has 2 heterocycles. The second-order valence-electron chi connectivity index (χ2n) is 5.94. The van der Waals surface area contributed by atoms with Gasteiger partial charge in [0, 0.05) is 11.8 Å². The number of carboxylic acids is 1. The number of furan rings is 1. The summed E-state index contributed by atoms with van der Waals surface area (Å²) in [6.45, 7) is 0. The Kier molecular flexibility index (Phi) is 4.71. The largest absolute Gasteiger partial charge is 0.478 e. The smallest absolute Gasteiger partial charge is 0.335 e. The van der Waals surface area contributed by atoms with E-state index in [4.69, 9.17) is 9.52 Å². The number of para-hydroxylation sites is 1. The van der Waals surface area contributed by atoms with Crippen LogP contribution in [-0.2, 0) is 0 Å². The third-order valence-corrected chi connectivity index (χ3v) is 4.05. The summed E-state index contributed by atoms with van der Waals surface area (Å²) < 4.78 is 7.26. The molecule has 0 aliphatic rings. The number of carboxylic acid groups (broad SMARTS) is 1. The van der Waals surface area contributed by atoms with Gasteiger partial charge < -0.3 is 9.52 Å². The molecule has 28 heavy (non-hydrogen) atoms. The van der Waals surface area contributed by atoms with E-state index in [1.54, 1.807) is 35.4 Å². The van der Waals surface area contributed by atoms with E-state index in [9.17, 15) is 4.79 Å². The first-order chi connectivity index (χ1) is 13.7.